The lowest BCUT2D eigenvalue weighted by Gasteiger charge is -2.32. The molecule has 0 unspecified atom stereocenters. The molecule has 0 saturated heterocycles. The summed E-state index contributed by atoms with van der Waals surface area (Å²) in [6.07, 6.45) is 5.41. The van der Waals surface area contributed by atoms with Gasteiger partial charge >= 0.3 is 5.97 Å². The standard InChI is InChI=1S/C16H30N2O3/c1-3-11-18(4-2)12-10-17-14(19)13-16(15(20)21)8-6-5-7-9-16/h3-13H2,1-2H3,(H,17,19)(H,20,21). The number of amides is 1. The van der Waals surface area contributed by atoms with Crippen molar-refractivity contribution in [1.82, 2.24) is 10.2 Å². The van der Waals surface area contributed by atoms with Crippen LogP contribution in [-0.2, 0) is 9.59 Å². The first kappa shape index (κ1) is 18.0. The molecule has 21 heavy (non-hydrogen) atoms. The second-order valence-corrected chi connectivity index (χ2v) is 6.11. The summed E-state index contributed by atoms with van der Waals surface area (Å²) in [7, 11) is 0. The van der Waals surface area contributed by atoms with Crippen molar-refractivity contribution in [1.29, 1.82) is 0 Å². The number of rotatable bonds is 9. The predicted octanol–water partition coefficient (Wildman–Crippen LogP) is 2.26. The van der Waals surface area contributed by atoms with Gasteiger partial charge in [-0.3, -0.25) is 9.59 Å². The summed E-state index contributed by atoms with van der Waals surface area (Å²) in [5, 5.41) is 12.4. The van der Waals surface area contributed by atoms with Crippen LogP contribution < -0.4 is 5.32 Å². The number of aliphatic carboxylic acids is 1. The molecule has 5 heteroatoms. The average Bonchev–Trinajstić information content (AvgIpc) is 2.47. The number of carbonyl (C=O) groups excluding carboxylic acids is 1. The summed E-state index contributed by atoms with van der Waals surface area (Å²) in [5.74, 6) is -0.926. The number of likely N-dealkylation sites (N-methyl/N-ethyl adjacent to an activating group) is 1. The van der Waals surface area contributed by atoms with Crippen molar-refractivity contribution >= 4 is 11.9 Å². The molecule has 0 heterocycles. The first-order valence-corrected chi connectivity index (χ1v) is 8.26. The number of nitrogens with zero attached hydrogens (tertiary/aromatic N) is 1. The van der Waals surface area contributed by atoms with Crippen LogP contribution in [0.3, 0.4) is 0 Å². The van der Waals surface area contributed by atoms with Gasteiger partial charge in [0, 0.05) is 19.5 Å². The van der Waals surface area contributed by atoms with Crippen LogP contribution in [0.25, 0.3) is 0 Å². The van der Waals surface area contributed by atoms with Crippen LogP contribution in [-0.4, -0.2) is 48.1 Å². The fourth-order valence-electron chi connectivity index (χ4n) is 3.16. The van der Waals surface area contributed by atoms with Crippen LogP contribution in [0.5, 0.6) is 0 Å². The Kier molecular flexibility index (Phi) is 7.72. The molecule has 0 atom stereocenters. The molecule has 0 radical (unpaired) electrons. The van der Waals surface area contributed by atoms with E-state index in [4.69, 9.17) is 0 Å². The average molecular weight is 298 g/mol. The lowest BCUT2D eigenvalue weighted by Crippen LogP contribution is -2.41. The maximum atomic E-state index is 12.1. The highest BCUT2D eigenvalue weighted by atomic mass is 16.4. The summed E-state index contributed by atoms with van der Waals surface area (Å²) >= 11 is 0. The van der Waals surface area contributed by atoms with E-state index in [1.54, 1.807) is 0 Å². The minimum absolute atomic E-state index is 0.119. The Labute approximate surface area is 128 Å². The molecule has 1 saturated carbocycles. The number of carboxylic acids is 1. The molecular formula is C16H30N2O3. The number of hydrogen-bond donors (Lipinski definition) is 2. The molecule has 0 aliphatic heterocycles. The molecule has 0 bridgehead atoms. The number of hydrogen-bond acceptors (Lipinski definition) is 3. The normalized spacial score (nSPS) is 17.7. The van der Waals surface area contributed by atoms with Crippen LogP contribution in [0, 0.1) is 5.41 Å². The highest BCUT2D eigenvalue weighted by Crippen LogP contribution is 2.39. The Morgan fingerprint density at radius 3 is 2.33 bits per heavy atom. The summed E-state index contributed by atoms with van der Waals surface area (Å²) in [6, 6.07) is 0. The van der Waals surface area contributed by atoms with Crippen molar-refractivity contribution in [3.63, 3.8) is 0 Å². The number of nitrogens with one attached hydrogen (secondary N) is 1. The van der Waals surface area contributed by atoms with Gasteiger partial charge in [0.1, 0.15) is 0 Å². The van der Waals surface area contributed by atoms with E-state index in [1.807, 2.05) is 0 Å². The predicted molar refractivity (Wildman–Crippen MR) is 83.2 cm³/mol. The smallest absolute Gasteiger partial charge is 0.310 e. The lowest BCUT2D eigenvalue weighted by molar-refractivity contribution is -0.154. The van der Waals surface area contributed by atoms with Gasteiger partial charge in [-0.1, -0.05) is 33.1 Å². The lowest BCUT2D eigenvalue weighted by atomic mass is 9.71. The van der Waals surface area contributed by atoms with E-state index in [0.29, 0.717) is 19.4 Å². The molecule has 1 rings (SSSR count). The Morgan fingerprint density at radius 1 is 1.14 bits per heavy atom. The van der Waals surface area contributed by atoms with Crippen molar-refractivity contribution in [2.45, 2.75) is 58.8 Å². The Bertz CT molecular complexity index is 338. The summed E-state index contributed by atoms with van der Waals surface area (Å²) in [4.78, 5) is 25.9. The van der Waals surface area contributed by atoms with Crippen molar-refractivity contribution in [2.24, 2.45) is 5.41 Å². The second kappa shape index (κ2) is 9.03. The van der Waals surface area contributed by atoms with Crippen LogP contribution in [0.1, 0.15) is 58.8 Å². The Morgan fingerprint density at radius 2 is 1.81 bits per heavy atom. The van der Waals surface area contributed by atoms with Crippen LogP contribution >= 0.6 is 0 Å². The van der Waals surface area contributed by atoms with Crippen molar-refractivity contribution in [2.75, 3.05) is 26.2 Å². The molecular weight excluding hydrogens is 268 g/mol. The maximum Gasteiger partial charge on any atom is 0.310 e. The van der Waals surface area contributed by atoms with E-state index in [-0.39, 0.29) is 12.3 Å². The SMILES string of the molecule is CCCN(CC)CCNC(=O)CC1(C(=O)O)CCCCC1. The van der Waals surface area contributed by atoms with E-state index in [2.05, 4.69) is 24.1 Å². The zero-order valence-corrected chi connectivity index (χ0v) is 13.5. The van der Waals surface area contributed by atoms with E-state index in [1.165, 1.54) is 0 Å². The summed E-state index contributed by atoms with van der Waals surface area (Å²) in [6.45, 7) is 7.69. The van der Waals surface area contributed by atoms with E-state index < -0.39 is 11.4 Å². The van der Waals surface area contributed by atoms with E-state index in [0.717, 1.165) is 45.3 Å². The molecule has 0 aromatic rings. The van der Waals surface area contributed by atoms with Gasteiger partial charge in [0.05, 0.1) is 5.41 Å². The van der Waals surface area contributed by atoms with Crippen molar-refractivity contribution in [3.8, 4) is 0 Å². The molecule has 0 aromatic heterocycles. The topological polar surface area (TPSA) is 69.6 Å². The van der Waals surface area contributed by atoms with Gasteiger partial charge in [0.25, 0.3) is 0 Å². The molecule has 1 amide bonds. The van der Waals surface area contributed by atoms with Gasteiger partial charge in [-0.15, -0.1) is 0 Å². The molecule has 122 valence electrons. The zero-order chi connectivity index (χ0) is 15.7. The highest BCUT2D eigenvalue weighted by Gasteiger charge is 2.41. The Hall–Kier alpha value is -1.10. The maximum absolute atomic E-state index is 12.1. The molecule has 2 N–H and O–H groups in total. The summed E-state index contributed by atoms with van der Waals surface area (Å²) in [5.41, 5.74) is -0.823. The molecule has 0 aromatic carbocycles. The number of carbonyl (C=O) groups is 2. The van der Waals surface area contributed by atoms with Crippen LogP contribution in [0.15, 0.2) is 0 Å². The third kappa shape index (κ3) is 5.65. The number of carboxylic acid groups (broad SMARTS) is 1. The van der Waals surface area contributed by atoms with E-state index in [9.17, 15) is 14.7 Å². The fraction of sp³-hybridized carbons (Fsp3) is 0.875. The first-order valence-electron chi connectivity index (χ1n) is 8.26. The molecule has 0 spiro atoms. The Balaban J connectivity index is 2.39. The van der Waals surface area contributed by atoms with Crippen molar-refractivity contribution < 1.29 is 14.7 Å². The van der Waals surface area contributed by atoms with Crippen molar-refractivity contribution in [3.05, 3.63) is 0 Å². The second-order valence-electron chi connectivity index (χ2n) is 6.11. The molecule has 1 aliphatic rings. The van der Waals surface area contributed by atoms with Gasteiger partial charge < -0.3 is 15.3 Å². The molecule has 5 nitrogen and oxygen atoms in total. The van der Waals surface area contributed by atoms with Crippen LogP contribution in [0.4, 0.5) is 0 Å². The van der Waals surface area contributed by atoms with Gasteiger partial charge in [-0.05, 0) is 32.4 Å². The third-order valence-electron chi connectivity index (χ3n) is 4.50. The van der Waals surface area contributed by atoms with Gasteiger partial charge in [-0.2, -0.15) is 0 Å². The third-order valence-corrected chi connectivity index (χ3v) is 4.50. The van der Waals surface area contributed by atoms with Gasteiger partial charge in [0.2, 0.25) is 5.91 Å². The van der Waals surface area contributed by atoms with Crippen LogP contribution in [0.2, 0.25) is 0 Å². The monoisotopic (exact) mass is 298 g/mol. The largest absolute Gasteiger partial charge is 0.481 e. The fourth-order valence-corrected chi connectivity index (χ4v) is 3.16. The minimum Gasteiger partial charge on any atom is -0.481 e. The van der Waals surface area contributed by atoms with Gasteiger partial charge in [0.15, 0.2) is 0 Å². The minimum atomic E-state index is -0.823. The summed E-state index contributed by atoms with van der Waals surface area (Å²) < 4.78 is 0. The van der Waals surface area contributed by atoms with Gasteiger partial charge in [-0.25, -0.2) is 0 Å². The van der Waals surface area contributed by atoms with E-state index >= 15 is 0 Å². The first-order chi connectivity index (χ1) is 10.0. The molecule has 1 aliphatic carbocycles. The highest BCUT2D eigenvalue weighted by molar-refractivity contribution is 5.85. The zero-order valence-electron chi connectivity index (χ0n) is 13.5. The quantitative estimate of drug-likeness (QED) is 0.685. The molecule has 1 fully saturated rings.